The van der Waals surface area contributed by atoms with Gasteiger partial charge in [-0.3, -0.25) is 5.10 Å². The Kier molecular flexibility index (Phi) is 1.98. The van der Waals surface area contributed by atoms with E-state index in [1.807, 2.05) is 18.2 Å². The van der Waals surface area contributed by atoms with Crippen molar-refractivity contribution < 1.29 is 5.11 Å². The standard InChI is InChI=1S/C9H9ClN2O/c1-5(13)6-3-2-4-7-8(6)11-12-9(7)10/h2-5,13H,1H3,(H,11,12). The minimum atomic E-state index is -0.525. The van der Waals surface area contributed by atoms with Gasteiger partial charge in [0.25, 0.3) is 0 Å². The molecule has 0 bridgehead atoms. The Labute approximate surface area is 80.3 Å². The number of aliphatic hydroxyl groups excluding tert-OH is 1. The number of benzene rings is 1. The lowest BCUT2D eigenvalue weighted by atomic mass is 10.1. The minimum Gasteiger partial charge on any atom is -0.389 e. The van der Waals surface area contributed by atoms with Crippen LogP contribution in [-0.4, -0.2) is 15.3 Å². The number of aromatic nitrogens is 2. The van der Waals surface area contributed by atoms with E-state index in [2.05, 4.69) is 10.2 Å². The van der Waals surface area contributed by atoms with Crippen LogP contribution in [0, 0.1) is 0 Å². The van der Waals surface area contributed by atoms with Crippen molar-refractivity contribution in [2.24, 2.45) is 0 Å². The van der Waals surface area contributed by atoms with Gasteiger partial charge in [-0.15, -0.1) is 0 Å². The largest absolute Gasteiger partial charge is 0.389 e. The van der Waals surface area contributed by atoms with Crippen LogP contribution in [0.4, 0.5) is 0 Å². The van der Waals surface area contributed by atoms with E-state index in [9.17, 15) is 5.11 Å². The number of halogens is 1. The molecule has 0 radical (unpaired) electrons. The first-order valence-electron chi connectivity index (χ1n) is 4.00. The van der Waals surface area contributed by atoms with Crippen molar-refractivity contribution in [2.75, 3.05) is 0 Å². The lowest BCUT2D eigenvalue weighted by Crippen LogP contribution is -1.91. The van der Waals surface area contributed by atoms with Gasteiger partial charge in [-0.1, -0.05) is 23.7 Å². The monoisotopic (exact) mass is 196 g/mol. The minimum absolute atomic E-state index is 0.512. The molecule has 0 aliphatic carbocycles. The van der Waals surface area contributed by atoms with Gasteiger partial charge >= 0.3 is 0 Å². The average molecular weight is 197 g/mol. The molecule has 1 aromatic heterocycles. The summed E-state index contributed by atoms with van der Waals surface area (Å²) in [5.41, 5.74) is 1.53. The summed E-state index contributed by atoms with van der Waals surface area (Å²) in [5.74, 6) is 0. The molecular formula is C9H9ClN2O. The topological polar surface area (TPSA) is 48.9 Å². The molecule has 1 heterocycles. The Morgan fingerprint density at radius 3 is 3.00 bits per heavy atom. The van der Waals surface area contributed by atoms with Gasteiger partial charge in [0.1, 0.15) is 5.15 Å². The predicted molar refractivity (Wildman–Crippen MR) is 51.7 cm³/mol. The van der Waals surface area contributed by atoms with E-state index in [4.69, 9.17) is 11.6 Å². The molecule has 2 rings (SSSR count). The summed E-state index contributed by atoms with van der Waals surface area (Å²) >= 11 is 5.85. The maximum atomic E-state index is 9.43. The number of hydrogen-bond donors (Lipinski definition) is 2. The molecule has 3 nitrogen and oxygen atoms in total. The van der Waals surface area contributed by atoms with Crippen LogP contribution in [0.3, 0.4) is 0 Å². The summed E-state index contributed by atoms with van der Waals surface area (Å²) < 4.78 is 0. The van der Waals surface area contributed by atoms with E-state index >= 15 is 0 Å². The van der Waals surface area contributed by atoms with Crippen LogP contribution in [0.2, 0.25) is 5.15 Å². The summed E-state index contributed by atoms with van der Waals surface area (Å²) in [7, 11) is 0. The van der Waals surface area contributed by atoms with Crippen LogP contribution < -0.4 is 0 Å². The lowest BCUT2D eigenvalue weighted by molar-refractivity contribution is 0.200. The van der Waals surface area contributed by atoms with Gasteiger partial charge in [0, 0.05) is 10.9 Å². The maximum absolute atomic E-state index is 9.43. The van der Waals surface area contributed by atoms with Crippen LogP contribution in [0.1, 0.15) is 18.6 Å². The second-order valence-electron chi connectivity index (χ2n) is 2.96. The van der Waals surface area contributed by atoms with E-state index < -0.39 is 6.10 Å². The zero-order valence-electron chi connectivity index (χ0n) is 7.08. The summed E-state index contributed by atoms with van der Waals surface area (Å²) in [6.07, 6.45) is -0.525. The quantitative estimate of drug-likeness (QED) is 0.735. The van der Waals surface area contributed by atoms with E-state index in [1.165, 1.54) is 0 Å². The fraction of sp³-hybridized carbons (Fsp3) is 0.222. The fourth-order valence-electron chi connectivity index (χ4n) is 1.37. The average Bonchev–Trinajstić information content (AvgIpc) is 2.48. The maximum Gasteiger partial charge on any atom is 0.132 e. The van der Waals surface area contributed by atoms with Crippen LogP contribution in [0.5, 0.6) is 0 Å². The van der Waals surface area contributed by atoms with E-state index in [-0.39, 0.29) is 0 Å². The summed E-state index contributed by atoms with van der Waals surface area (Å²) in [6.45, 7) is 1.71. The normalized spacial score (nSPS) is 13.5. The predicted octanol–water partition coefficient (Wildman–Crippen LogP) is 2.27. The number of hydrogen-bond acceptors (Lipinski definition) is 2. The number of rotatable bonds is 1. The number of aliphatic hydroxyl groups is 1. The number of nitrogens with one attached hydrogen (secondary N) is 1. The molecule has 2 N–H and O–H groups in total. The van der Waals surface area contributed by atoms with Crippen LogP contribution in [-0.2, 0) is 0 Å². The van der Waals surface area contributed by atoms with Gasteiger partial charge in [0.2, 0.25) is 0 Å². The summed E-state index contributed by atoms with van der Waals surface area (Å²) in [5, 5.41) is 17.5. The molecule has 0 spiro atoms. The Bertz CT molecular complexity index is 436. The highest BCUT2D eigenvalue weighted by Crippen LogP contribution is 2.26. The Morgan fingerprint density at radius 1 is 1.54 bits per heavy atom. The van der Waals surface area contributed by atoms with Crippen LogP contribution in [0.15, 0.2) is 18.2 Å². The number of aromatic amines is 1. The Morgan fingerprint density at radius 2 is 2.31 bits per heavy atom. The molecule has 0 aliphatic heterocycles. The van der Waals surface area contributed by atoms with Gasteiger partial charge < -0.3 is 5.11 Å². The highest BCUT2D eigenvalue weighted by atomic mass is 35.5. The van der Waals surface area contributed by atoms with Gasteiger partial charge in [0.15, 0.2) is 0 Å². The second-order valence-corrected chi connectivity index (χ2v) is 3.33. The van der Waals surface area contributed by atoms with Gasteiger partial charge in [-0.25, -0.2) is 0 Å². The smallest absolute Gasteiger partial charge is 0.132 e. The molecule has 0 fully saturated rings. The molecule has 1 unspecified atom stereocenters. The summed E-state index contributed by atoms with van der Waals surface area (Å²) in [4.78, 5) is 0. The van der Waals surface area contributed by atoms with Crippen molar-refractivity contribution in [1.82, 2.24) is 10.2 Å². The lowest BCUT2D eigenvalue weighted by Gasteiger charge is -2.03. The zero-order valence-corrected chi connectivity index (χ0v) is 7.84. The molecule has 0 saturated carbocycles. The Hall–Kier alpha value is -1.06. The molecule has 68 valence electrons. The van der Waals surface area contributed by atoms with Crippen LogP contribution in [0.25, 0.3) is 10.9 Å². The molecular weight excluding hydrogens is 188 g/mol. The van der Waals surface area contributed by atoms with E-state index in [0.29, 0.717) is 5.15 Å². The van der Waals surface area contributed by atoms with E-state index in [0.717, 1.165) is 16.5 Å². The third kappa shape index (κ3) is 1.30. The molecule has 4 heteroatoms. The number of para-hydroxylation sites is 1. The highest BCUT2D eigenvalue weighted by Gasteiger charge is 2.10. The number of fused-ring (bicyclic) bond motifs is 1. The summed E-state index contributed by atoms with van der Waals surface area (Å²) in [6, 6.07) is 5.56. The third-order valence-electron chi connectivity index (χ3n) is 2.02. The molecule has 2 aromatic rings. The van der Waals surface area contributed by atoms with Gasteiger partial charge in [0.05, 0.1) is 11.6 Å². The molecule has 0 aliphatic rings. The van der Waals surface area contributed by atoms with E-state index in [1.54, 1.807) is 6.92 Å². The number of nitrogens with zero attached hydrogens (tertiary/aromatic N) is 1. The zero-order chi connectivity index (χ0) is 9.42. The molecule has 0 amide bonds. The van der Waals surface area contributed by atoms with Crippen LogP contribution >= 0.6 is 11.6 Å². The Balaban J connectivity index is 2.77. The number of H-pyrrole nitrogens is 1. The second kappa shape index (κ2) is 3.01. The molecule has 1 aromatic carbocycles. The first-order valence-corrected chi connectivity index (χ1v) is 4.38. The molecule has 13 heavy (non-hydrogen) atoms. The third-order valence-corrected chi connectivity index (χ3v) is 2.31. The first-order chi connectivity index (χ1) is 6.20. The SMILES string of the molecule is CC(O)c1cccc2c(Cl)[nH]nc12. The molecule has 1 atom stereocenters. The van der Waals surface area contributed by atoms with Crippen molar-refractivity contribution >= 4 is 22.5 Å². The van der Waals surface area contributed by atoms with Crippen molar-refractivity contribution in [1.29, 1.82) is 0 Å². The molecule has 0 saturated heterocycles. The van der Waals surface area contributed by atoms with Crippen molar-refractivity contribution in [2.45, 2.75) is 13.0 Å². The fourth-order valence-corrected chi connectivity index (χ4v) is 1.56. The van der Waals surface area contributed by atoms with Crippen molar-refractivity contribution in [3.63, 3.8) is 0 Å². The van der Waals surface area contributed by atoms with Gasteiger partial charge in [-0.2, -0.15) is 5.10 Å². The first kappa shape index (κ1) is 8.53. The van der Waals surface area contributed by atoms with Crippen molar-refractivity contribution in [3.8, 4) is 0 Å². The van der Waals surface area contributed by atoms with Crippen molar-refractivity contribution in [3.05, 3.63) is 28.9 Å². The highest BCUT2D eigenvalue weighted by molar-refractivity contribution is 6.34. The van der Waals surface area contributed by atoms with Gasteiger partial charge in [-0.05, 0) is 13.0 Å².